The fourth-order valence-corrected chi connectivity index (χ4v) is 3.08. The number of carboxylic acid groups (broad SMARTS) is 1. The van der Waals surface area contributed by atoms with E-state index >= 15 is 0 Å². The van der Waals surface area contributed by atoms with Crippen molar-refractivity contribution >= 4 is 15.8 Å². The third kappa shape index (κ3) is 4.17. The predicted octanol–water partition coefficient (Wildman–Crippen LogP) is 1.95. The van der Waals surface area contributed by atoms with Crippen molar-refractivity contribution < 1.29 is 32.9 Å². The van der Waals surface area contributed by atoms with Gasteiger partial charge in [-0.1, -0.05) is 6.07 Å². The average Bonchev–Trinajstić information content (AvgIpc) is 2.56. The number of ether oxygens (including phenoxy) is 2. The van der Waals surface area contributed by atoms with Crippen LogP contribution in [0.5, 0.6) is 17.2 Å². The number of methoxy groups -OCH3 is 1. The zero-order chi connectivity index (χ0) is 17.7. The van der Waals surface area contributed by atoms with E-state index in [1.54, 1.807) is 12.1 Å². The van der Waals surface area contributed by atoms with Gasteiger partial charge in [-0.05, 0) is 36.4 Å². The van der Waals surface area contributed by atoms with Crippen LogP contribution in [0, 0.1) is 0 Å². The summed E-state index contributed by atoms with van der Waals surface area (Å²) < 4.78 is 34.8. The van der Waals surface area contributed by atoms with E-state index in [1.807, 2.05) is 0 Å². The van der Waals surface area contributed by atoms with Crippen LogP contribution in [-0.2, 0) is 9.84 Å². The maximum atomic E-state index is 12.3. The second kappa shape index (κ2) is 7.22. The molecule has 0 aliphatic carbocycles. The molecule has 0 atom stereocenters. The van der Waals surface area contributed by atoms with E-state index in [4.69, 9.17) is 14.6 Å². The predicted molar refractivity (Wildman–Crippen MR) is 85.6 cm³/mol. The lowest BCUT2D eigenvalue weighted by Gasteiger charge is -2.09. The Kier molecular flexibility index (Phi) is 5.30. The highest BCUT2D eigenvalue weighted by Crippen LogP contribution is 2.23. The summed E-state index contributed by atoms with van der Waals surface area (Å²) in [5, 5.41) is 18.3. The number of carbonyl (C=O) groups is 1. The van der Waals surface area contributed by atoms with Crippen molar-refractivity contribution in [2.24, 2.45) is 0 Å². The van der Waals surface area contributed by atoms with Gasteiger partial charge in [-0.25, -0.2) is 13.2 Å². The molecule has 128 valence electrons. The van der Waals surface area contributed by atoms with Crippen molar-refractivity contribution in [2.75, 3.05) is 19.5 Å². The highest BCUT2D eigenvalue weighted by molar-refractivity contribution is 7.91. The first kappa shape index (κ1) is 17.6. The van der Waals surface area contributed by atoms with Crippen molar-refractivity contribution in [3.63, 3.8) is 0 Å². The number of aromatic carboxylic acids is 1. The minimum Gasteiger partial charge on any atom is -0.507 e. The molecule has 0 bridgehead atoms. The Morgan fingerprint density at radius 1 is 1.12 bits per heavy atom. The number of aromatic hydroxyl groups is 1. The number of phenols is 1. The van der Waals surface area contributed by atoms with E-state index in [1.165, 1.54) is 31.4 Å². The van der Waals surface area contributed by atoms with Gasteiger partial charge >= 0.3 is 5.97 Å². The molecule has 0 aliphatic rings. The van der Waals surface area contributed by atoms with Crippen molar-refractivity contribution in [3.8, 4) is 17.2 Å². The first-order chi connectivity index (χ1) is 11.3. The van der Waals surface area contributed by atoms with Gasteiger partial charge in [0.25, 0.3) is 0 Å². The van der Waals surface area contributed by atoms with Crippen LogP contribution in [0.4, 0.5) is 0 Å². The van der Waals surface area contributed by atoms with Gasteiger partial charge in [-0.2, -0.15) is 0 Å². The van der Waals surface area contributed by atoms with Crippen molar-refractivity contribution in [1.82, 2.24) is 0 Å². The Balaban J connectivity index is 2.05. The molecule has 0 saturated carbocycles. The van der Waals surface area contributed by atoms with Gasteiger partial charge in [-0.15, -0.1) is 0 Å². The third-order valence-electron chi connectivity index (χ3n) is 3.22. The van der Waals surface area contributed by atoms with E-state index in [2.05, 4.69) is 0 Å². The molecule has 2 aromatic rings. The number of benzene rings is 2. The highest BCUT2D eigenvalue weighted by atomic mass is 32.2. The minimum absolute atomic E-state index is 0.113. The van der Waals surface area contributed by atoms with Gasteiger partial charge in [0.2, 0.25) is 0 Å². The Hall–Kier alpha value is -2.74. The summed E-state index contributed by atoms with van der Waals surface area (Å²) in [5.74, 6) is -1.39. The number of hydrogen-bond acceptors (Lipinski definition) is 6. The van der Waals surface area contributed by atoms with Gasteiger partial charge in [0.1, 0.15) is 29.4 Å². The van der Waals surface area contributed by atoms with Crippen LogP contribution < -0.4 is 9.47 Å². The third-order valence-corrected chi connectivity index (χ3v) is 4.90. The van der Waals surface area contributed by atoms with Crippen LogP contribution in [-0.4, -0.2) is 44.1 Å². The lowest BCUT2D eigenvalue weighted by molar-refractivity contribution is 0.0693. The van der Waals surface area contributed by atoms with Gasteiger partial charge in [0, 0.05) is 0 Å². The molecule has 7 nitrogen and oxygen atoms in total. The number of hydrogen-bond donors (Lipinski definition) is 2. The zero-order valence-electron chi connectivity index (χ0n) is 12.8. The van der Waals surface area contributed by atoms with E-state index in [0.717, 1.165) is 6.07 Å². The van der Waals surface area contributed by atoms with Gasteiger partial charge in [-0.3, -0.25) is 0 Å². The maximum absolute atomic E-state index is 12.3. The summed E-state index contributed by atoms with van der Waals surface area (Å²) in [4.78, 5) is 11.0. The monoisotopic (exact) mass is 352 g/mol. The summed E-state index contributed by atoms with van der Waals surface area (Å²) in [5.41, 5.74) is -0.317. The van der Waals surface area contributed by atoms with Gasteiger partial charge in [0.05, 0.1) is 17.8 Å². The summed E-state index contributed by atoms with van der Waals surface area (Å²) >= 11 is 0. The first-order valence-electron chi connectivity index (χ1n) is 6.89. The number of sulfone groups is 1. The highest BCUT2D eigenvalue weighted by Gasteiger charge is 2.16. The normalized spacial score (nSPS) is 11.0. The number of carboxylic acids is 1. The summed E-state index contributed by atoms with van der Waals surface area (Å²) in [7, 11) is -2.12. The average molecular weight is 352 g/mol. The Bertz CT molecular complexity index is 843. The Morgan fingerprint density at radius 3 is 2.54 bits per heavy atom. The second-order valence-corrected chi connectivity index (χ2v) is 6.94. The summed E-state index contributed by atoms with van der Waals surface area (Å²) in [6.07, 6.45) is 0. The fourth-order valence-electron chi connectivity index (χ4n) is 1.96. The van der Waals surface area contributed by atoms with E-state index in [9.17, 15) is 18.3 Å². The lowest BCUT2D eigenvalue weighted by atomic mass is 10.2. The first-order valence-corrected chi connectivity index (χ1v) is 8.54. The SMILES string of the molecule is COc1cccc(S(=O)(=O)CCOc2ccc(O)c(C(=O)O)c2)c1. The molecule has 2 rings (SSSR count). The molecular formula is C16H16O7S. The molecule has 8 heteroatoms. The van der Waals surface area contributed by atoms with Crippen LogP contribution in [0.25, 0.3) is 0 Å². The number of rotatable bonds is 7. The van der Waals surface area contributed by atoms with E-state index in [0.29, 0.717) is 5.75 Å². The quantitative estimate of drug-likeness (QED) is 0.783. The molecule has 2 N–H and O–H groups in total. The van der Waals surface area contributed by atoms with Gasteiger partial charge in [0.15, 0.2) is 9.84 Å². The molecule has 0 aliphatic heterocycles. The maximum Gasteiger partial charge on any atom is 0.339 e. The van der Waals surface area contributed by atoms with Crippen LogP contribution in [0.1, 0.15) is 10.4 Å². The second-order valence-electron chi connectivity index (χ2n) is 4.83. The van der Waals surface area contributed by atoms with Crippen LogP contribution in [0.15, 0.2) is 47.4 Å². The Labute approximate surface area is 139 Å². The Morgan fingerprint density at radius 2 is 1.88 bits per heavy atom. The van der Waals surface area contributed by atoms with E-state index < -0.39 is 15.8 Å². The van der Waals surface area contributed by atoms with Crippen molar-refractivity contribution in [2.45, 2.75) is 4.90 Å². The summed E-state index contributed by atoms with van der Waals surface area (Å²) in [6, 6.07) is 9.76. The molecule has 0 unspecified atom stereocenters. The molecule has 0 fully saturated rings. The molecule has 2 aromatic carbocycles. The molecule has 0 aromatic heterocycles. The van der Waals surface area contributed by atoms with Crippen LogP contribution in [0.3, 0.4) is 0 Å². The molecule has 0 heterocycles. The molecule has 0 spiro atoms. The molecule has 0 saturated heterocycles. The van der Waals surface area contributed by atoms with Gasteiger partial charge < -0.3 is 19.7 Å². The molecule has 24 heavy (non-hydrogen) atoms. The molecule has 0 radical (unpaired) electrons. The van der Waals surface area contributed by atoms with Crippen LogP contribution in [0.2, 0.25) is 0 Å². The fraction of sp³-hybridized carbons (Fsp3) is 0.188. The molecule has 0 amide bonds. The smallest absolute Gasteiger partial charge is 0.339 e. The van der Waals surface area contributed by atoms with E-state index in [-0.39, 0.29) is 34.3 Å². The standard InChI is InChI=1S/C16H16O7S/c1-22-11-3-2-4-13(9-11)24(20,21)8-7-23-12-5-6-15(17)14(10-12)16(18)19/h2-6,9-10,17H,7-8H2,1H3,(H,18,19). The largest absolute Gasteiger partial charge is 0.507 e. The van der Waals surface area contributed by atoms with Crippen molar-refractivity contribution in [1.29, 1.82) is 0 Å². The zero-order valence-corrected chi connectivity index (χ0v) is 13.6. The van der Waals surface area contributed by atoms with Crippen LogP contribution >= 0.6 is 0 Å². The summed E-state index contributed by atoms with van der Waals surface area (Å²) in [6.45, 7) is -0.163. The minimum atomic E-state index is -3.57. The van der Waals surface area contributed by atoms with Crippen molar-refractivity contribution in [3.05, 3.63) is 48.0 Å². The topological polar surface area (TPSA) is 110 Å². The lowest BCUT2D eigenvalue weighted by Crippen LogP contribution is -2.14. The molecular weight excluding hydrogens is 336 g/mol.